The van der Waals surface area contributed by atoms with Crippen molar-refractivity contribution in [2.75, 3.05) is 0 Å². The van der Waals surface area contributed by atoms with Crippen molar-refractivity contribution in [1.82, 2.24) is 0 Å². The first-order valence-corrected chi connectivity index (χ1v) is 9.39. The summed E-state index contributed by atoms with van der Waals surface area (Å²) in [6.07, 6.45) is 0. The van der Waals surface area contributed by atoms with Crippen LogP contribution in [0, 0.1) is 0 Å². The number of hydrogen-bond donors (Lipinski definition) is 12. The Morgan fingerprint density at radius 1 is 0.333 bits per heavy atom. The van der Waals surface area contributed by atoms with Gasteiger partial charge in [0.15, 0.2) is 0 Å². The van der Waals surface area contributed by atoms with E-state index in [2.05, 4.69) is 0 Å². The summed E-state index contributed by atoms with van der Waals surface area (Å²) in [5.74, 6) is 0. The Hall–Kier alpha value is 7.01. The Morgan fingerprint density at radius 2 is 0.333 bits per heavy atom. The first-order chi connectivity index (χ1) is 8.00. The van der Waals surface area contributed by atoms with Crippen LogP contribution in [0.15, 0.2) is 0 Å². The first kappa shape index (κ1) is 70.0. The summed E-state index contributed by atoms with van der Waals surface area (Å²) in [6, 6.07) is 0. The van der Waals surface area contributed by atoms with E-state index in [4.69, 9.17) is 77.0 Å². The quantitative estimate of drug-likeness (QED) is 0.0794. The van der Waals surface area contributed by atoms with Gasteiger partial charge in [-0.3, -0.25) is 0 Å². The van der Waals surface area contributed by atoms with Gasteiger partial charge < -0.3 is 58.7 Å². The second kappa shape index (κ2) is 35.2. The second-order valence-electron chi connectivity index (χ2n) is 2.05. The minimum atomic E-state index is -4.64. The van der Waals surface area contributed by atoms with Crippen molar-refractivity contribution in [3.05, 3.63) is 0 Å². The molecule has 27 heteroatoms. The molecule has 149 valence electrons. The maximum absolute atomic E-state index is 8.88. The van der Waals surface area contributed by atoms with E-state index in [0.29, 0.717) is 0 Å². The van der Waals surface area contributed by atoms with E-state index < -0.39 is 31.3 Å². The molecule has 0 heterocycles. The Kier molecular flexibility index (Phi) is 91.2. The Morgan fingerprint density at radius 3 is 0.333 bits per heavy atom. The summed E-state index contributed by atoms with van der Waals surface area (Å²) < 4.78 is 35.5. The van der Waals surface area contributed by atoms with Gasteiger partial charge in [0.05, 0.1) is 0 Å². The van der Waals surface area contributed by atoms with Crippen molar-refractivity contribution in [3.8, 4) is 0 Å². The van der Waals surface area contributed by atoms with Crippen LogP contribution in [0.2, 0.25) is 0 Å². The van der Waals surface area contributed by atoms with Gasteiger partial charge in [-0.1, -0.05) is 0 Å². The van der Waals surface area contributed by atoms with Crippen molar-refractivity contribution in [2.45, 2.75) is 0 Å². The molecule has 0 bridgehead atoms. The maximum Gasteiger partial charge on any atom is 0 e. The summed E-state index contributed by atoms with van der Waals surface area (Å²) in [4.78, 5) is 86.2. The standard InChI is InChI=1S/3Ca.4H3O4P.Tl.3Zn.6H/c;;;4*1-5(2,3)4;;;;;;;;;;/h;;;4*(H3,1,2,3,4);;;;;;;;;;. The van der Waals surface area contributed by atoms with Crippen molar-refractivity contribution in [3.63, 3.8) is 0 Å². The largest absolute Gasteiger partial charge is 0 e. The second-order valence-corrected chi connectivity index (χ2v) is 6.16. The molecule has 0 aliphatic carbocycles. The number of hydrogen-bond acceptors (Lipinski definition) is 4. The van der Waals surface area contributed by atoms with Gasteiger partial charge in [-0.2, -0.15) is 0 Å². The topological polar surface area (TPSA) is 311 Å². The molecule has 0 saturated heterocycles. The summed E-state index contributed by atoms with van der Waals surface area (Å²) in [7, 11) is -18.6. The Balaban J connectivity index is -0.0000000129. The van der Waals surface area contributed by atoms with E-state index in [1.54, 1.807) is 0 Å². The molecule has 0 aliphatic rings. The van der Waals surface area contributed by atoms with E-state index >= 15 is 0 Å². The van der Waals surface area contributed by atoms with Crippen molar-refractivity contribution in [2.24, 2.45) is 0 Å². The third-order valence-corrected chi connectivity index (χ3v) is 0. The molecule has 0 unspecified atom stereocenters. The zero-order chi connectivity index (χ0) is 18.0. The molecule has 0 rings (SSSR count). The predicted molar refractivity (Wildman–Crippen MR) is 88.4 cm³/mol. The summed E-state index contributed by atoms with van der Waals surface area (Å²) in [5.41, 5.74) is 0. The fourth-order valence-corrected chi connectivity index (χ4v) is 0. The Labute approximate surface area is 300 Å². The Bertz CT molecular complexity index is 312. The van der Waals surface area contributed by atoms with Gasteiger partial charge in [-0.15, -0.1) is 0 Å². The van der Waals surface area contributed by atoms with Crippen LogP contribution >= 0.6 is 31.3 Å². The van der Waals surface area contributed by atoms with Gasteiger partial charge in [-0.25, -0.2) is 18.3 Å². The van der Waals surface area contributed by atoms with Crippen LogP contribution in [0.3, 0.4) is 0 Å². The fraction of sp³-hybridized carbons (Fsp3) is 0. The fourth-order valence-electron chi connectivity index (χ4n) is 0. The summed E-state index contributed by atoms with van der Waals surface area (Å²) in [6.45, 7) is 0. The average Bonchev–Trinajstić information content (AvgIpc) is 1.62. The molecule has 12 N–H and O–H groups in total. The molecule has 0 aromatic carbocycles. The molecule has 0 aromatic heterocycles. The summed E-state index contributed by atoms with van der Waals surface area (Å²) in [5, 5.41) is 0. The molecule has 0 fully saturated rings. The molecule has 0 saturated carbocycles. The maximum atomic E-state index is 8.88. The molecule has 27 heavy (non-hydrogen) atoms. The average molecular weight is 919 g/mol. The molecule has 0 atom stereocenters. The van der Waals surface area contributed by atoms with Crippen molar-refractivity contribution < 1.29 is 135 Å². The third kappa shape index (κ3) is 646. The number of phosphoric acid groups is 4. The van der Waals surface area contributed by atoms with Crippen LogP contribution in [0.4, 0.5) is 0 Å². The van der Waals surface area contributed by atoms with E-state index in [0.717, 1.165) is 0 Å². The van der Waals surface area contributed by atoms with Crippen LogP contribution < -0.4 is 0 Å². The van der Waals surface area contributed by atoms with Gasteiger partial charge in [0.1, 0.15) is 0 Å². The van der Waals surface area contributed by atoms with Gasteiger partial charge in [0, 0.05) is 85.7 Å². The molecular weight excluding hydrogens is 901 g/mol. The molecule has 0 aliphatic heterocycles. The predicted octanol–water partition coefficient (Wildman–Crippen LogP) is -6.85. The van der Waals surface area contributed by atoms with Crippen LogP contribution in [0.1, 0.15) is 0 Å². The zero-order valence-corrected chi connectivity index (χ0v) is 28.5. The van der Waals surface area contributed by atoms with Gasteiger partial charge in [-0.05, 0) is 0 Å². The molecule has 1 radical (unpaired) electrons. The summed E-state index contributed by atoms with van der Waals surface area (Å²) >= 11 is 0. The van der Waals surface area contributed by atoms with Gasteiger partial charge in [0.2, 0.25) is 0 Å². The van der Waals surface area contributed by atoms with Crippen LogP contribution in [0.25, 0.3) is 0 Å². The third-order valence-electron chi connectivity index (χ3n) is 0. The molecule has 16 nitrogen and oxygen atoms in total. The smallest absolute Gasteiger partial charge is 0 e. The van der Waals surface area contributed by atoms with Crippen LogP contribution in [-0.2, 0) is 76.7 Å². The van der Waals surface area contributed by atoms with Crippen LogP contribution in [0.5, 0.6) is 0 Å². The molecule has 0 amide bonds. The number of rotatable bonds is 0. The first-order valence-electron chi connectivity index (χ1n) is 3.13. The molecular formula is H18Ca3O16P4TlZn3. The molecule has 0 spiro atoms. The normalized spacial score (nSPS) is 8.74. The van der Waals surface area contributed by atoms with E-state index in [1.807, 2.05) is 0 Å². The van der Waals surface area contributed by atoms with E-state index in [9.17, 15) is 0 Å². The monoisotopic (exact) mass is 915 g/mol. The van der Waals surface area contributed by atoms with Crippen molar-refractivity contribution >= 4 is 172 Å². The minimum absolute atomic E-state index is 0. The SMILES string of the molecule is O=P(O)(O)O.O=P(O)(O)O.O=P(O)(O)O.O=P(O)(O)O.[CaH2].[CaH2].[CaH2].[Tl].[Zn].[Zn].[Zn]. The zero-order valence-electron chi connectivity index (χ0n) is 11.5. The van der Waals surface area contributed by atoms with Gasteiger partial charge >= 0.3 is 145 Å². The minimum Gasteiger partial charge on any atom is 0 e. The van der Waals surface area contributed by atoms with E-state index in [-0.39, 0.29) is 199 Å². The van der Waals surface area contributed by atoms with Gasteiger partial charge in [0.25, 0.3) is 0 Å². The van der Waals surface area contributed by atoms with Crippen LogP contribution in [-0.4, -0.2) is 199 Å². The van der Waals surface area contributed by atoms with E-state index in [1.165, 1.54) is 0 Å². The molecule has 0 aromatic rings. The van der Waals surface area contributed by atoms with Crippen molar-refractivity contribution in [1.29, 1.82) is 0 Å².